The standard InChI is InChI=1S/C21H23BFN3O/c1-14-12-16(7-5-15-6-8-20(27-2)18(23)13-15)25-21(14)17(9-10-24)19-4-3-11-26(19)22/h3-8,11-13H,9-10,22,24H2,1-2H3/b7-5+,21-17-. The van der Waals surface area contributed by atoms with Gasteiger partial charge in [0.25, 0.3) is 0 Å². The van der Waals surface area contributed by atoms with Crippen molar-refractivity contribution in [3.63, 3.8) is 0 Å². The molecule has 0 fully saturated rings. The van der Waals surface area contributed by atoms with Crippen LogP contribution in [0.25, 0.3) is 11.6 Å². The van der Waals surface area contributed by atoms with Gasteiger partial charge < -0.3 is 14.9 Å². The largest absolute Gasteiger partial charge is 0.494 e. The molecule has 1 aromatic heterocycles. The van der Waals surface area contributed by atoms with Gasteiger partial charge in [0.1, 0.15) is 0 Å². The van der Waals surface area contributed by atoms with Crippen LogP contribution in [-0.2, 0) is 0 Å². The zero-order chi connectivity index (χ0) is 19.4. The number of aromatic nitrogens is 1. The normalized spacial score (nSPS) is 15.9. The van der Waals surface area contributed by atoms with E-state index in [0.29, 0.717) is 6.54 Å². The van der Waals surface area contributed by atoms with Crippen LogP contribution in [0.1, 0.15) is 24.6 Å². The van der Waals surface area contributed by atoms with Crippen LogP contribution in [0.2, 0.25) is 0 Å². The molecule has 0 radical (unpaired) electrons. The van der Waals surface area contributed by atoms with Gasteiger partial charge in [0.15, 0.2) is 11.6 Å². The van der Waals surface area contributed by atoms with Crippen molar-refractivity contribution in [3.05, 3.63) is 77.0 Å². The first-order valence-electron chi connectivity index (χ1n) is 8.87. The molecule has 0 saturated heterocycles. The molecule has 0 unspecified atom stereocenters. The Morgan fingerprint density at radius 2 is 2.15 bits per heavy atom. The molecule has 0 aliphatic carbocycles. The lowest BCUT2D eigenvalue weighted by Crippen LogP contribution is -2.05. The number of ether oxygens (including phenoxy) is 1. The number of halogens is 1. The minimum Gasteiger partial charge on any atom is -0.494 e. The molecule has 0 spiro atoms. The summed E-state index contributed by atoms with van der Waals surface area (Å²) in [6.07, 6.45) is 8.54. The predicted octanol–water partition coefficient (Wildman–Crippen LogP) is 3.21. The van der Waals surface area contributed by atoms with Gasteiger partial charge in [-0.05, 0) is 73.6 Å². The van der Waals surface area contributed by atoms with Gasteiger partial charge in [0.2, 0.25) is 7.98 Å². The van der Waals surface area contributed by atoms with Crippen LogP contribution in [0.5, 0.6) is 5.75 Å². The van der Waals surface area contributed by atoms with Crippen LogP contribution in [0.3, 0.4) is 0 Å². The van der Waals surface area contributed by atoms with Crippen molar-refractivity contribution in [1.29, 1.82) is 0 Å². The summed E-state index contributed by atoms with van der Waals surface area (Å²) in [6, 6.07) is 8.97. The van der Waals surface area contributed by atoms with E-state index in [0.717, 1.165) is 40.2 Å². The van der Waals surface area contributed by atoms with Gasteiger partial charge in [-0.15, -0.1) is 0 Å². The maximum absolute atomic E-state index is 13.8. The summed E-state index contributed by atoms with van der Waals surface area (Å²) in [7, 11) is 3.47. The number of rotatable bonds is 6. The Hall–Kier alpha value is -2.86. The minimum atomic E-state index is -0.380. The van der Waals surface area contributed by atoms with Crippen LogP contribution >= 0.6 is 0 Å². The lowest BCUT2D eigenvalue weighted by Gasteiger charge is -2.11. The molecule has 1 aliphatic heterocycles. The summed E-state index contributed by atoms with van der Waals surface area (Å²) in [5, 5.41) is 0. The topological polar surface area (TPSA) is 52.5 Å². The molecule has 27 heavy (non-hydrogen) atoms. The molecular weight excluding hydrogens is 340 g/mol. The van der Waals surface area contributed by atoms with Gasteiger partial charge in [-0.2, -0.15) is 0 Å². The molecule has 6 heteroatoms. The van der Waals surface area contributed by atoms with Gasteiger partial charge in [0, 0.05) is 11.3 Å². The minimum absolute atomic E-state index is 0.236. The Morgan fingerprint density at radius 3 is 2.78 bits per heavy atom. The molecule has 0 bridgehead atoms. The highest BCUT2D eigenvalue weighted by Crippen LogP contribution is 2.31. The van der Waals surface area contributed by atoms with Crippen LogP contribution in [0.4, 0.5) is 4.39 Å². The second-order valence-electron chi connectivity index (χ2n) is 6.46. The molecule has 1 aromatic carbocycles. The average Bonchev–Trinajstić information content (AvgIpc) is 3.23. The van der Waals surface area contributed by atoms with Crippen molar-refractivity contribution in [3.8, 4) is 5.75 Å². The van der Waals surface area contributed by atoms with E-state index in [2.05, 4.69) is 10.5 Å². The summed E-state index contributed by atoms with van der Waals surface area (Å²) in [5.74, 6) is -0.144. The fraction of sp³-hybridized carbons (Fsp3) is 0.190. The van der Waals surface area contributed by atoms with E-state index in [1.165, 1.54) is 13.2 Å². The van der Waals surface area contributed by atoms with Crippen molar-refractivity contribution in [1.82, 2.24) is 4.48 Å². The highest BCUT2D eigenvalue weighted by atomic mass is 19.1. The van der Waals surface area contributed by atoms with Crippen LogP contribution < -0.4 is 10.5 Å². The second kappa shape index (κ2) is 8.23. The third-order valence-electron chi connectivity index (χ3n) is 4.53. The first-order valence-corrected chi connectivity index (χ1v) is 8.87. The van der Waals surface area contributed by atoms with Crippen molar-refractivity contribution < 1.29 is 9.13 Å². The molecule has 0 amide bonds. The Morgan fingerprint density at radius 1 is 1.33 bits per heavy atom. The van der Waals surface area contributed by atoms with E-state index in [9.17, 15) is 4.39 Å². The molecular formula is C21H23BFN3O. The molecule has 0 atom stereocenters. The van der Waals surface area contributed by atoms with Crippen molar-refractivity contribution in [2.75, 3.05) is 13.7 Å². The van der Waals surface area contributed by atoms with Crippen molar-refractivity contribution >= 4 is 25.3 Å². The fourth-order valence-electron chi connectivity index (χ4n) is 3.19. The first-order chi connectivity index (χ1) is 13.0. The molecule has 3 rings (SSSR count). The number of hydrogen-bond acceptors (Lipinski definition) is 3. The van der Waals surface area contributed by atoms with Crippen LogP contribution in [0.15, 0.2) is 64.9 Å². The van der Waals surface area contributed by atoms with Gasteiger partial charge >= 0.3 is 0 Å². The van der Waals surface area contributed by atoms with Crippen molar-refractivity contribution in [2.24, 2.45) is 10.7 Å². The quantitative estimate of drug-likeness (QED) is 0.802. The van der Waals surface area contributed by atoms with Gasteiger partial charge in [-0.1, -0.05) is 12.1 Å². The van der Waals surface area contributed by atoms with E-state index in [-0.39, 0.29) is 11.6 Å². The summed E-state index contributed by atoms with van der Waals surface area (Å²) in [6.45, 7) is 2.61. The Kier molecular flexibility index (Phi) is 5.77. The molecule has 4 nitrogen and oxygen atoms in total. The van der Waals surface area contributed by atoms with Gasteiger partial charge in [-0.3, -0.25) is 0 Å². The van der Waals surface area contributed by atoms with E-state index in [4.69, 9.17) is 15.5 Å². The van der Waals surface area contributed by atoms with Gasteiger partial charge in [0.05, 0.1) is 18.5 Å². The van der Waals surface area contributed by atoms with E-state index >= 15 is 0 Å². The maximum atomic E-state index is 13.8. The highest BCUT2D eigenvalue weighted by molar-refractivity contribution is 6.11. The molecule has 1 aliphatic rings. The number of nitrogens with zero attached hydrogens (tertiary/aromatic N) is 2. The number of benzene rings is 1. The third-order valence-corrected chi connectivity index (χ3v) is 4.53. The Balaban J connectivity index is 1.92. The number of allylic oxidation sites excluding steroid dienone is 3. The monoisotopic (exact) mass is 363 g/mol. The molecule has 138 valence electrons. The Labute approximate surface area is 160 Å². The molecule has 2 N–H and O–H groups in total. The summed E-state index contributed by atoms with van der Waals surface area (Å²) in [4.78, 5) is 4.79. The molecule has 0 saturated carbocycles. The lowest BCUT2D eigenvalue weighted by molar-refractivity contribution is 0.386. The SMILES string of the molecule is Bn1cccc1/C(CCN)=C1N=C(/C=C/c2ccc(OC)c(F)c2)C=C\1C. The third kappa shape index (κ3) is 4.12. The smallest absolute Gasteiger partial charge is 0.223 e. The summed E-state index contributed by atoms with van der Waals surface area (Å²) in [5.41, 5.74) is 11.7. The van der Waals surface area contributed by atoms with E-state index < -0.39 is 0 Å². The van der Waals surface area contributed by atoms with Gasteiger partial charge in [-0.25, -0.2) is 9.38 Å². The number of nitrogens with two attached hydrogens (primary N) is 1. The second-order valence-corrected chi connectivity index (χ2v) is 6.46. The molecule has 2 heterocycles. The predicted molar refractivity (Wildman–Crippen MR) is 112 cm³/mol. The fourth-order valence-corrected chi connectivity index (χ4v) is 3.19. The zero-order valence-corrected chi connectivity index (χ0v) is 15.9. The number of hydrogen-bond donors (Lipinski definition) is 1. The first kappa shape index (κ1) is 18.9. The average molecular weight is 363 g/mol. The lowest BCUT2D eigenvalue weighted by atomic mass is 10.0. The summed E-state index contributed by atoms with van der Waals surface area (Å²) < 4.78 is 20.9. The van der Waals surface area contributed by atoms with Crippen LogP contribution in [-0.4, -0.2) is 31.8 Å². The number of aliphatic imine (C=N–C) groups is 1. The summed E-state index contributed by atoms with van der Waals surface area (Å²) >= 11 is 0. The van der Waals surface area contributed by atoms with Crippen LogP contribution in [0, 0.1) is 5.82 Å². The van der Waals surface area contributed by atoms with Crippen molar-refractivity contribution in [2.45, 2.75) is 13.3 Å². The zero-order valence-electron chi connectivity index (χ0n) is 15.9. The van der Waals surface area contributed by atoms with E-state index in [1.54, 1.807) is 6.07 Å². The molecule has 2 aromatic rings. The maximum Gasteiger partial charge on any atom is 0.223 e. The highest BCUT2D eigenvalue weighted by Gasteiger charge is 2.16. The number of methoxy groups -OCH3 is 1. The Bertz CT molecular complexity index is 970. The van der Waals surface area contributed by atoms with E-state index in [1.807, 2.05) is 51.5 Å².